The van der Waals surface area contributed by atoms with Gasteiger partial charge in [-0.2, -0.15) is 0 Å². The molecular formula is C22H26F3N5O2. The van der Waals surface area contributed by atoms with Crippen LogP contribution in [-0.4, -0.2) is 51.4 Å². The van der Waals surface area contributed by atoms with E-state index < -0.39 is 23.5 Å². The smallest absolute Gasteiger partial charge is 0.242 e. The van der Waals surface area contributed by atoms with E-state index >= 15 is 0 Å². The Bertz CT molecular complexity index is 970. The highest BCUT2D eigenvalue weighted by molar-refractivity contribution is 5.86. The number of piperidine rings is 1. The Morgan fingerprint density at radius 3 is 2.50 bits per heavy atom. The van der Waals surface area contributed by atoms with Crippen LogP contribution in [0.3, 0.4) is 0 Å². The third kappa shape index (κ3) is 4.79. The van der Waals surface area contributed by atoms with Gasteiger partial charge < -0.3 is 20.9 Å². The molecule has 4 N–H and O–H groups in total. The van der Waals surface area contributed by atoms with Crippen molar-refractivity contribution in [3.05, 3.63) is 53.4 Å². The molecule has 3 heterocycles. The average molecular weight is 449 g/mol. The summed E-state index contributed by atoms with van der Waals surface area (Å²) in [6.45, 7) is -0.0727. The number of carbonyl (C=O) groups is 2. The Kier molecular flexibility index (Phi) is 6.50. The molecule has 0 aliphatic carbocycles. The summed E-state index contributed by atoms with van der Waals surface area (Å²) in [6, 6.07) is 1.00. The first kappa shape index (κ1) is 22.3. The summed E-state index contributed by atoms with van der Waals surface area (Å²) in [5.74, 6) is -3.47. The summed E-state index contributed by atoms with van der Waals surface area (Å²) in [4.78, 5) is 33.4. The van der Waals surface area contributed by atoms with Gasteiger partial charge in [0.25, 0.3) is 0 Å². The van der Waals surface area contributed by atoms with Crippen molar-refractivity contribution in [1.82, 2.24) is 20.2 Å². The van der Waals surface area contributed by atoms with Gasteiger partial charge in [-0.05, 0) is 49.7 Å². The zero-order valence-electron chi connectivity index (χ0n) is 17.5. The van der Waals surface area contributed by atoms with Gasteiger partial charge in [0.15, 0.2) is 11.6 Å². The van der Waals surface area contributed by atoms with Gasteiger partial charge in [0.1, 0.15) is 5.82 Å². The number of halogens is 3. The fourth-order valence-corrected chi connectivity index (χ4v) is 5.00. The second-order valence-electron chi connectivity index (χ2n) is 8.67. The van der Waals surface area contributed by atoms with Gasteiger partial charge in [-0.3, -0.25) is 9.59 Å². The molecule has 0 unspecified atom stereocenters. The molecule has 2 aromatic rings. The van der Waals surface area contributed by atoms with E-state index in [-0.39, 0.29) is 54.8 Å². The van der Waals surface area contributed by atoms with Crippen LogP contribution in [0.4, 0.5) is 13.2 Å². The number of nitrogens with one attached hydrogen (secondary N) is 2. The number of rotatable bonds is 7. The van der Waals surface area contributed by atoms with Gasteiger partial charge in [-0.15, -0.1) is 0 Å². The van der Waals surface area contributed by atoms with Crippen molar-refractivity contribution < 1.29 is 22.8 Å². The molecule has 0 radical (unpaired) electrons. The van der Waals surface area contributed by atoms with Crippen molar-refractivity contribution in [2.45, 2.75) is 56.7 Å². The Labute approximate surface area is 183 Å². The van der Waals surface area contributed by atoms with Crippen molar-refractivity contribution in [2.24, 2.45) is 11.7 Å². The van der Waals surface area contributed by atoms with E-state index in [1.165, 1.54) is 6.33 Å². The number of fused-ring (bicyclic) bond motifs is 2. The minimum Gasteiger partial charge on any atom is -0.348 e. The summed E-state index contributed by atoms with van der Waals surface area (Å²) < 4.78 is 40.7. The van der Waals surface area contributed by atoms with E-state index in [1.54, 1.807) is 6.20 Å². The van der Waals surface area contributed by atoms with Crippen molar-refractivity contribution in [3.8, 4) is 0 Å². The molecule has 4 rings (SSSR count). The highest BCUT2D eigenvalue weighted by Gasteiger charge is 2.44. The highest BCUT2D eigenvalue weighted by atomic mass is 19.2. The molecule has 2 bridgehead atoms. The standard InChI is InChI=1S/C22H26F3N5O2/c23-17-8-19(25)18(24)5-12(17)6-20(26)13-3-15-1-2-16(4-13)30(15)22(32)10-28-21(31)7-14-9-27-11-29-14/h5,8-9,11,13,15-16,20H,1-4,6-7,10,26H2,(H,27,29)(H,28,31)/t13-,15+,16-,20-/m1/s1. The minimum absolute atomic E-state index is 0.0107. The predicted molar refractivity (Wildman–Crippen MR) is 110 cm³/mol. The lowest BCUT2D eigenvalue weighted by atomic mass is 9.82. The largest absolute Gasteiger partial charge is 0.348 e. The Morgan fingerprint density at radius 2 is 1.84 bits per heavy atom. The van der Waals surface area contributed by atoms with Crippen molar-refractivity contribution >= 4 is 11.8 Å². The van der Waals surface area contributed by atoms with Crippen LogP contribution in [0.15, 0.2) is 24.7 Å². The van der Waals surface area contributed by atoms with Crippen LogP contribution in [0.25, 0.3) is 0 Å². The first-order valence-electron chi connectivity index (χ1n) is 10.8. The third-order valence-electron chi connectivity index (χ3n) is 6.55. The van der Waals surface area contributed by atoms with E-state index in [1.807, 2.05) is 4.90 Å². The van der Waals surface area contributed by atoms with Crippen molar-refractivity contribution in [2.75, 3.05) is 6.54 Å². The molecule has 1 aromatic heterocycles. The normalized spacial score (nSPS) is 23.2. The Morgan fingerprint density at radius 1 is 1.16 bits per heavy atom. The zero-order chi connectivity index (χ0) is 22.8. The van der Waals surface area contributed by atoms with Crippen LogP contribution in [0.2, 0.25) is 0 Å². The Hall–Kier alpha value is -2.88. The van der Waals surface area contributed by atoms with Gasteiger partial charge in [0, 0.05) is 36.1 Å². The maximum Gasteiger partial charge on any atom is 0.242 e. The number of aromatic amines is 1. The van der Waals surface area contributed by atoms with Crippen molar-refractivity contribution in [1.29, 1.82) is 0 Å². The number of imidazole rings is 1. The molecule has 2 fully saturated rings. The molecule has 32 heavy (non-hydrogen) atoms. The zero-order valence-corrected chi connectivity index (χ0v) is 17.5. The molecule has 0 saturated carbocycles. The van der Waals surface area contributed by atoms with E-state index in [0.717, 1.165) is 18.9 Å². The summed E-state index contributed by atoms with van der Waals surface area (Å²) in [6.07, 6.45) is 6.29. The molecular weight excluding hydrogens is 423 g/mol. The van der Waals surface area contributed by atoms with E-state index in [4.69, 9.17) is 5.73 Å². The molecule has 0 spiro atoms. The van der Waals surface area contributed by atoms with Gasteiger partial charge in [-0.1, -0.05) is 0 Å². The number of hydrogen-bond donors (Lipinski definition) is 3. The van der Waals surface area contributed by atoms with Crippen LogP contribution in [0.1, 0.15) is 36.9 Å². The van der Waals surface area contributed by atoms with Gasteiger partial charge >= 0.3 is 0 Å². The number of hydrogen-bond acceptors (Lipinski definition) is 4. The van der Waals surface area contributed by atoms with E-state index in [9.17, 15) is 22.8 Å². The molecule has 172 valence electrons. The first-order valence-corrected chi connectivity index (χ1v) is 10.8. The minimum atomic E-state index is -1.22. The lowest BCUT2D eigenvalue weighted by Gasteiger charge is -2.41. The number of nitrogens with two attached hydrogens (primary N) is 1. The number of aromatic nitrogens is 2. The number of amides is 2. The highest BCUT2D eigenvalue weighted by Crippen LogP contribution is 2.40. The lowest BCUT2D eigenvalue weighted by Crippen LogP contribution is -2.52. The number of carbonyl (C=O) groups excluding carboxylic acids is 2. The molecule has 1 aromatic carbocycles. The fourth-order valence-electron chi connectivity index (χ4n) is 5.00. The molecule has 7 nitrogen and oxygen atoms in total. The summed E-state index contributed by atoms with van der Waals surface area (Å²) in [5, 5.41) is 2.66. The molecule has 2 saturated heterocycles. The number of benzene rings is 1. The van der Waals surface area contributed by atoms with Gasteiger partial charge in [0.05, 0.1) is 19.3 Å². The fraction of sp³-hybridized carbons (Fsp3) is 0.500. The van der Waals surface area contributed by atoms with Crippen LogP contribution in [0.5, 0.6) is 0 Å². The maximum atomic E-state index is 14.0. The molecule has 2 aliphatic rings. The maximum absolute atomic E-state index is 14.0. The summed E-state index contributed by atoms with van der Waals surface area (Å²) >= 11 is 0. The SMILES string of the molecule is N[C@H](Cc1cc(F)c(F)cc1F)[C@H]1C[C@H]2CC[C@@H](C1)N2C(=O)CNC(=O)Cc1cnc[nH]1. The quantitative estimate of drug-likeness (QED) is 0.561. The number of nitrogens with zero attached hydrogens (tertiary/aromatic N) is 2. The van der Waals surface area contributed by atoms with Gasteiger partial charge in [-0.25, -0.2) is 18.2 Å². The third-order valence-corrected chi connectivity index (χ3v) is 6.55. The molecule has 2 aliphatic heterocycles. The predicted octanol–water partition coefficient (Wildman–Crippen LogP) is 1.83. The van der Waals surface area contributed by atoms with E-state index in [0.29, 0.717) is 24.6 Å². The van der Waals surface area contributed by atoms with Crippen LogP contribution >= 0.6 is 0 Å². The first-order chi connectivity index (χ1) is 15.3. The molecule has 10 heteroatoms. The van der Waals surface area contributed by atoms with Gasteiger partial charge in [0.2, 0.25) is 11.8 Å². The van der Waals surface area contributed by atoms with Crippen molar-refractivity contribution in [3.63, 3.8) is 0 Å². The van der Waals surface area contributed by atoms with E-state index in [2.05, 4.69) is 15.3 Å². The summed E-state index contributed by atoms with van der Waals surface area (Å²) in [5.41, 5.74) is 7.05. The monoisotopic (exact) mass is 449 g/mol. The van der Waals surface area contributed by atoms with Crippen LogP contribution < -0.4 is 11.1 Å². The topological polar surface area (TPSA) is 104 Å². The summed E-state index contributed by atoms with van der Waals surface area (Å²) in [7, 11) is 0. The molecule has 2 amide bonds. The number of H-pyrrole nitrogens is 1. The Balaban J connectivity index is 1.31. The van der Waals surface area contributed by atoms with Crippen LogP contribution in [-0.2, 0) is 22.4 Å². The lowest BCUT2D eigenvalue weighted by molar-refractivity contribution is -0.137. The van der Waals surface area contributed by atoms with Crippen LogP contribution in [0, 0.1) is 23.4 Å². The molecule has 4 atom stereocenters. The second-order valence-corrected chi connectivity index (χ2v) is 8.67. The average Bonchev–Trinajstić information content (AvgIpc) is 3.35. The second kappa shape index (κ2) is 9.32.